The molecule has 6 heteroatoms. The van der Waals surface area contributed by atoms with E-state index < -0.39 is 17.5 Å². The molecule has 1 aromatic heterocycles. The third-order valence-electron chi connectivity index (χ3n) is 7.94. The highest BCUT2D eigenvalue weighted by molar-refractivity contribution is 5.89. The average Bonchev–Trinajstić information content (AvgIpc) is 3.03. The lowest BCUT2D eigenvalue weighted by atomic mass is 9.97. The standard InChI is InChI=1S/C39H49NO5/c1-7-8-9-10-32-18-24-36(40-25-32)23-17-31-15-21-35(22-16-31)34-19-13-30(14-20-34)11-12-33(26-44-37(41)28(2)3)27-45-38(42)29(4)39(5,6)43/h13-16,18-22,24-25,33,43H,2,4,7-12,17,23,26-27H2,1,3,5-6H3. The molecule has 0 bridgehead atoms. The Morgan fingerprint density at radius 1 is 0.778 bits per heavy atom. The number of nitrogens with zero attached hydrogens (tertiary/aromatic N) is 1. The van der Waals surface area contributed by atoms with Crippen LogP contribution in [0.15, 0.2) is 91.2 Å². The molecule has 3 rings (SSSR count). The molecule has 0 spiro atoms. The van der Waals surface area contributed by atoms with Crippen molar-refractivity contribution in [1.29, 1.82) is 0 Å². The molecular weight excluding hydrogens is 562 g/mol. The lowest BCUT2D eigenvalue weighted by molar-refractivity contribution is -0.145. The smallest absolute Gasteiger partial charge is 0.336 e. The Bertz CT molecular complexity index is 1400. The second-order valence-corrected chi connectivity index (χ2v) is 12.4. The molecule has 1 N–H and O–H groups in total. The summed E-state index contributed by atoms with van der Waals surface area (Å²) in [4.78, 5) is 29.0. The van der Waals surface area contributed by atoms with Gasteiger partial charge in [0.1, 0.15) is 0 Å². The van der Waals surface area contributed by atoms with Crippen molar-refractivity contribution < 1.29 is 24.2 Å². The van der Waals surface area contributed by atoms with E-state index in [4.69, 9.17) is 9.47 Å². The van der Waals surface area contributed by atoms with Gasteiger partial charge < -0.3 is 14.6 Å². The fourth-order valence-electron chi connectivity index (χ4n) is 4.76. The molecule has 240 valence electrons. The Labute approximate surface area is 269 Å². The molecule has 45 heavy (non-hydrogen) atoms. The van der Waals surface area contributed by atoms with Gasteiger partial charge in [0.25, 0.3) is 0 Å². The van der Waals surface area contributed by atoms with Crippen molar-refractivity contribution in [2.45, 2.75) is 84.7 Å². The monoisotopic (exact) mass is 611 g/mol. The van der Waals surface area contributed by atoms with Crippen LogP contribution in [0.5, 0.6) is 0 Å². The van der Waals surface area contributed by atoms with E-state index in [1.807, 2.05) is 6.20 Å². The van der Waals surface area contributed by atoms with E-state index in [0.717, 1.165) is 41.6 Å². The molecule has 6 nitrogen and oxygen atoms in total. The molecule has 0 fully saturated rings. The van der Waals surface area contributed by atoms with Crippen molar-refractivity contribution >= 4 is 11.9 Å². The molecule has 0 amide bonds. The number of rotatable bonds is 18. The Kier molecular flexibility index (Phi) is 13.8. The summed E-state index contributed by atoms with van der Waals surface area (Å²) in [6, 6.07) is 21.5. The zero-order valence-electron chi connectivity index (χ0n) is 27.4. The van der Waals surface area contributed by atoms with Crippen molar-refractivity contribution in [1.82, 2.24) is 4.98 Å². The van der Waals surface area contributed by atoms with E-state index in [1.165, 1.54) is 44.2 Å². The highest BCUT2D eigenvalue weighted by Crippen LogP contribution is 2.23. The van der Waals surface area contributed by atoms with Gasteiger partial charge in [-0.3, -0.25) is 4.98 Å². The van der Waals surface area contributed by atoms with Crippen LogP contribution in [-0.4, -0.2) is 40.8 Å². The Balaban J connectivity index is 1.53. The van der Waals surface area contributed by atoms with Gasteiger partial charge in [-0.25, -0.2) is 9.59 Å². The van der Waals surface area contributed by atoms with Crippen LogP contribution < -0.4 is 0 Å². The molecule has 0 aliphatic heterocycles. The van der Waals surface area contributed by atoms with Crippen molar-refractivity contribution in [2.75, 3.05) is 13.2 Å². The Morgan fingerprint density at radius 2 is 1.33 bits per heavy atom. The van der Waals surface area contributed by atoms with Crippen molar-refractivity contribution in [3.8, 4) is 11.1 Å². The summed E-state index contributed by atoms with van der Waals surface area (Å²) in [5.41, 5.74) is 6.06. The topological polar surface area (TPSA) is 85.7 Å². The van der Waals surface area contributed by atoms with Crippen LogP contribution in [0.25, 0.3) is 11.1 Å². The summed E-state index contributed by atoms with van der Waals surface area (Å²) in [6.07, 6.45) is 10.1. The quantitative estimate of drug-likeness (QED) is 0.0897. The second kappa shape index (κ2) is 17.5. The minimum Gasteiger partial charge on any atom is -0.462 e. The average molecular weight is 612 g/mol. The summed E-state index contributed by atoms with van der Waals surface area (Å²) < 4.78 is 10.8. The predicted molar refractivity (Wildman–Crippen MR) is 181 cm³/mol. The van der Waals surface area contributed by atoms with Gasteiger partial charge in [0.2, 0.25) is 0 Å². The van der Waals surface area contributed by atoms with Gasteiger partial charge in [-0.05, 0) is 93.2 Å². The van der Waals surface area contributed by atoms with Crippen molar-refractivity contribution in [3.05, 3.63) is 114 Å². The summed E-state index contributed by atoms with van der Waals surface area (Å²) in [5, 5.41) is 10.0. The van der Waals surface area contributed by atoms with Crippen LogP contribution >= 0.6 is 0 Å². The maximum Gasteiger partial charge on any atom is 0.336 e. The largest absolute Gasteiger partial charge is 0.462 e. The van der Waals surface area contributed by atoms with Gasteiger partial charge in [0.15, 0.2) is 0 Å². The number of esters is 2. The van der Waals surface area contributed by atoms with Gasteiger partial charge in [0, 0.05) is 23.4 Å². The van der Waals surface area contributed by atoms with E-state index in [2.05, 4.69) is 85.7 Å². The first-order valence-electron chi connectivity index (χ1n) is 16.0. The van der Waals surface area contributed by atoms with Crippen LogP contribution in [0.2, 0.25) is 0 Å². The number of unbranched alkanes of at least 4 members (excludes halogenated alkanes) is 2. The molecule has 0 aliphatic carbocycles. The first kappa shape index (κ1) is 35.4. The fraction of sp³-hybridized carbons (Fsp3) is 0.410. The van der Waals surface area contributed by atoms with E-state index in [9.17, 15) is 14.7 Å². The zero-order chi connectivity index (χ0) is 32.8. The fourth-order valence-corrected chi connectivity index (χ4v) is 4.76. The first-order valence-corrected chi connectivity index (χ1v) is 16.0. The number of pyridine rings is 1. The number of carbonyl (C=O) groups is 2. The number of aryl methyl sites for hydroxylation is 4. The molecule has 0 saturated carbocycles. The normalized spacial score (nSPS) is 11.9. The van der Waals surface area contributed by atoms with E-state index in [-0.39, 0.29) is 24.7 Å². The van der Waals surface area contributed by atoms with Gasteiger partial charge >= 0.3 is 11.9 Å². The van der Waals surface area contributed by atoms with E-state index >= 15 is 0 Å². The van der Waals surface area contributed by atoms with Crippen LogP contribution in [0.4, 0.5) is 0 Å². The number of benzene rings is 2. The number of hydrogen-bond donors (Lipinski definition) is 1. The third-order valence-corrected chi connectivity index (χ3v) is 7.94. The third kappa shape index (κ3) is 12.1. The molecule has 0 saturated heterocycles. The van der Waals surface area contributed by atoms with Crippen LogP contribution in [0.3, 0.4) is 0 Å². The number of ether oxygens (including phenoxy) is 2. The van der Waals surface area contributed by atoms with Gasteiger partial charge in [-0.15, -0.1) is 0 Å². The van der Waals surface area contributed by atoms with Crippen LogP contribution in [0, 0.1) is 5.92 Å². The molecule has 1 atom stereocenters. The maximum absolute atomic E-state index is 12.4. The molecule has 1 heterocycles. The van der Waals surface area contributed by atoms with Crippen LogP contribution in [-0.2, 0) is 44.7 Å². The van der Waals surface area contributed by atoms with Crippen molar-refractivity contribution in [2.24, 2.45) is 5.92 Å². The lowest BCUT2D eigenvalue weighted by Crippen LogP contribution is -2.30. The van der Waals surface area contributed by atoms with Crippen LogP contribution in [0.1, 0.15) is 75.8 Å². The Hall–Kier alpha value is -4.03. The first-order chi connectivity index (χ1) is 21.5. The highest BCUT2D eigenvalue weighted by atomic mass is 16.5. The number of aliphatic hydroxyl groups is 1. The van der Waals surface area contributed by atoms with Gasteiger partial charge in [0.05, 0.1) is 24.4 Å². The number of aromatic nitrogens is 1. The summed E-state index contributed by atoms with van der Waals surface area (Å²) >= 11 is 0. The molecule has 0 aliphatic rings. The molecule has 0 radical (unpaired) electrons. The second-order valence-electron chi connectivity index (χ2n) is 12.4. The van der Waals surface area contributed by atoms with Gasteiger partial charge in [-0.2, -0.15) is 0 Å². The predicted octanol–water partition coefficient (Wildman–Crippen LogP) is 7.80. The zero-order valence-corrected chi connectivity index (χ0v) is 27.4. The maximum atomic E-state index is 12.4. The minimum absolute atomic E-state index is 0.0244. The van der Waals surface area contributed by atoms with Gasteiger partial charge in [-0.1, -0.05) is 87.5 Å². The summed E-state index contributed by atoms with van der Waals surface area (Å²) in [5.74, 6) is -1.37. The molecular formula is C39H49NO5. The summed E-state index contributed by atoms with van der Waals surface area (Å²) in [6.45, 7) is 14.2. The molecule has 2 aromatic carbocycles. The molecule has 3 aromatic rings. The summed E-state index contributed by atoms with van der Waals surface area (Å²) in [7, 11) is 0. The lowest BCUT2D eigenvalue weighted by Gasteiger charge is -2.21. The minimum atomic E-state index is -1.38. The Morgan fingerprint density at radius 3 is 1.84 bits per heavy atom. The van der Waals surface area contributed by atoms with E-state index in [0.29, 0.717) is 18.4 Å². The molecule has 1 unspecified atom stereocenters. The van der Waals surface area contributed by atoms with Crippen molar-refractivity contribution in [3.63, 3.8) is 0 Å². The highest BCUT2D eigenvalue weighted by Gasteiger charge is 2.26. The number of hydrogen-bond acceptors (Lipinski definition) is 6. The van der Waals surface area contributed by atoms with E-state index in [1.54, 1.807) is 6.92 Å². The number of carbonyl (C=O) groups excluding carboxylic acids is 2. The SMILES string of the molecule is C=C(C)C(=O)OCC(CCc1ccc(-c2ccc(CCc3ccc(CCCCC)cn3)cc2)cc1)COC(=O)C(=C)C(C)(C)O.